The zero-order chi connectivity index (χ0) is 16.1. The summed E-state index contributed by atoms with van der Waals surface area (Å²) in [6, 6.07) is 4.02. The Bertz CT molecular complexity index is 518. The van der Waals surface area contributed by atoms with Crippen LogP contribution in [0.15, 0.2) is 17.5 Å². The van der Waals surface area contributed by atoms with E-state index in [1.54, 1.807) is 11.3 Å². The molecule has 2 aliphatic heterocycles. The van der Waals surface area contributed by atoms with Crippen LogP contribution in [0.25, 0.3) is 0 Å². The highest BCUT2D eigenvalue weighted by Crippen LogP contribution is 2.21. The van der Waals surface area contributed by atoms with Crippen LogP contribution in [0.5, 0.6) is 0 Å². The lowest BCUT2D eigenvalue weighted by molar-refractivity contribution is -0.136. The van der Waals surface area contributed by atoms with Crippen molar-refractivity contribution >= 4 is 23.2 Å². The maximum atomic E-state index is 12.4. The smallest absolute Gasteiger partial charge is 0.234 e. The summed E-state index contributed by atoms with van der Waals surface area (Å²) >= 11 is 1.66. The average molecular weight is 335 g/mol. The Morgan fingerprint density at radius 2 is 1.91 bits per heavy atom. The standard InChI is InChI=1S/C17H25N3O2S/c21-16(18-12-15-4-3-11-23-15)13-19-9-5-14(6-10-19)17(22)20-7-1-2-8-20/h3-4,11,14H,1-2,5-10,12-13H2,(H,18,21). The minimum absolute atomic E-state index is 0.0720. The Morgan fingerprint density at radius 3 is 2.57 bits per heavy atom. The molecule has 0 unspecified atom stereocenters. The highest BCUT2D eigenvalue weighted by Gasteiger charge is 2.30. The first-order valence-corrected chi connectivity index (χ1v) is 9.40. The van der Waals surface area contributed by atoms with Crippen molar-refractivity contribution < 1.29 is 9.59 Å². The lowest BCUT2D eigenvalue weighted by Crippen LogP contribution is -2.44. The Hall–Kier alpha value is -1.40. The molecule has 6 heteroatoms. The number of thiophene rings is 1. The van der Waals surface area contributed by atoms with Crippen molar-refractivity contribution in [2.24, 2.45) is 5.92 Å². The molecule has 0 bridgehead atoms. The molecule has 1 aromatic rings. The van der Waals surface area contributed by atoms with Crippen molar-refractivity contribution in [3.05, 3.63) is 22.4 Å². The highest BCUT2D eigenvalue weighted by molar-refractivity contribution is 7.09. The van der Waals surface area contributed by atoms with Gasteiger partial charge in [0.05, 0.1) is 13.1 Å². The number of nitrogens with zero attached hydrogens (tertiary/aromatic N) is 2. The number of hydrogen-bond acceptors (Lipinski definition) is 4. The van der Waals surface area contributed by atoms with Crippen LogP contribution in [0.2, 0.25) is 0 Å². The minimum Gasteiger partial charge on any atom is -0.350 e. The van der Waals surface area contributed by atoms with Gasteiger partial charge < -0.3 is 10.2 Å². The van der Waals surface area contributed by atoms with Crippen molar-refractivity contribution in [3.63, 3.8) is 0 Å². The van der Waals surface area contributed by atoms with E-state index in [1.165, 1.54) is 4.88 Å². The summed E-state index contributed by atoms with van der Waals surface area (Å²) in [6.07, 6.45) is 4.06. The van der Waals surface area contributed by atoms with Gasteiger partial charge in [-0.1, -0.05) is 6.07 Å². The van der Waals surface area contributed by atoms with Gasteiger partial charge in [-0.2, -0.15) is 0 Å². The van der Waals surface area contributed by atoms with Crippen molar-refractivity contribution in [1.29, 1.82) is 0 Å². The van der Waals surface area contributed by atoms with Crippen LogP contribution in [0, 0.1) is 5.92 Å². The first-order valence-electron chi connectivity index (χ1n) is 8.52. The second-order valence-corrected chi connectivity index (χ2v) is 7.47. The van der Waals surface area contributed by atoms with Gasteiger partial charge in [0, 0.05) is 23.9 Å². The van der Waals surface area contributed by atoms with Gasteiger partial charge in [-0.05, 0) is 50.2 Å². The third kappa shape index (κ3) is 4.54. The van der Waals surface area contributed by atoms with Gasteiger partial charge in [0.2, 0.25) is 11.8 Å². The van der Waals surface area contributed by atoms with E-state index in [0.717, 1.165) is 51.9 Å². The summed E-state index contributed by atoms with van der Waals surface area (Å²) in [5.41, 5.74) is 0. The van der Waals surface area contributed by atoms with Crippen molar-refractivity contribution in [1.82, 2.24) is 15.1 Å². The minimum atomic E-state index is 0.0720. The third-order valence-electron chi connectivity index (χ3n) is 4.76. The van der Waals surface area contributed by atoms with E-state index in [4.69, 9.17) is 0 Å². The third-order valence-corrected chi connectivity index (χ3v) is 5.64. The largest absolute Gasteiger partial charge is 0.350 e. The molecule has 2 saturated heterocycles. The molecule has 0 aromatic carbocycles. The number of rotatable bonds is 5. The Kier molecular flexibility index (Phi) is 5.67. The molecule has 126 valence electrons. The van der Waals surface area contributed by atoms with Gasteiger partial charge in [0.25, 0.3) is 0 Å². The number of hydrogen-bond donors (Lipinski definition) is 1. The number of carbonyl (C=O) groups excluding carboxylic acids is 2. The summed E-state index contributed by atoms with van der Waals surface area (Å²) in [5, 5.41) is 4.98. The average Bonchev–Trinajstić information content (AvgIpc) is 3.26. The van der Waals surface area contributed by atoms with Crippen molar-refractivity contribution in [2.45, 2.75) is 32.2 Å². The van der Waals surface area contributed by atoms with Gasteiger partial charge in [0.15, 0.2) is 0 Å². The maximum Gasteiger partial charge on any atom is 0.234 e. The van der Waals surface area contributed by atoms with E-state index in [1.807, 2.05) is 22.4 Å². The van der Waals surface area contributed by atoms with Crippen LogP contribution < -0.4 is 5.32 Å². The molecular formula is C17H25N3O2S. The van der Waals surface area contributed by atoms with E-state index in [0.29, 0.717) is 19.0 Å². The summed E-state index contributed by atoms with van der Waals surface area (Å²) in [5.74, 6) is 0.575. The van der Waals surface area contributed by atoms with Gasteiger partial charge in [-0.15, -0.1) is 11.3 Å². The van der Waals surface area contributed by atoms with Crippen LogP contribution in [0.4, 0.5) is 0 Å². The second-order valence-electron chi connectivity index (χ2n) is 6.44. The van der Waals surface area contributed by atoms with E-state index in [2.05, 4.69) is 10.2 Å². The number of carbonyl (C=O) groups is 2. The zero-order valence-electron chi connectivity index (χ0n) is 13.5. The molecule has 0 spiro atoms. The summed E-state index contributed by atoms with van der Waals surface area (Å²) in [4.78, 5) is 29.8. The SMILES string of the molecule is O=C(CN1CCC(C(=O)N2CCCC2)CC1)NCc1cccs1. The summed E-state index contributed by atoms with van der Waals surface area (Å²) in [6.45, 7) is 4.61. The monoisotopic (exact) mass is 335 g/mol. The second kappa shape index (κ2) is 7.93. The molecule has 2 fully saturated rings. The highest BCUT2D eigenvalue weighted by atomic mass is 32.1. The number of piperidine rings is 1. The molecule has 1 aromatic heterocycles. The summed E-state index contributed by atoms with van der Waals surface area (Å²) < 4.78 is 0. The molecular weight excluding hydrogens is 310 g/mol. The molecule has 0 aliphatic carbocycles. The number of amides is 2. The quantitative estimate of drug-likeness (QED) is 0.891. The van der Waals surface area contributed by atoms with E-state index in [-0.39, 0.29) is 11.8 Å². The lowest BCUT2D eigenvalue weighted by atomic mass is 9.95. The van der Waals surface area contributed by atoms with Gasteiger partial charge >= 0.3 is 0 Å². The lowest BCUT2D eigenvalue weighted by Gasteiger charge is -2.32. The molecule has 1 N–H and O–H groups in total. The molecule has 2 aliphatic rings. The van der Waals surface area contributed by atoms with Crippen LogP contribution in [-0.4, -0.2) is 54.3 Å². The van der Waals surface area contributed by atoms with Crippen LogP contribution >= 0.6 is 11.3 Å². The molecule has 3 rings (SSSR count). The Morgan fingerprint density at radius 1 is 1.17 bits per heavy atom. The van der Waals surface area contributed by atoms with Crippen molar-refractivity contribution in [2.75, 3.05) is 32.7 Å². The van der Waals surface area contributed by atoms with Gasteiger partial charge in [0.1, 0.15) is 0 Å². The predicted molar refractivity (Wildman–Crippen MR) is 91.1 cm³/mol. The molecule has 0 saturated carbocycles. The molecule has 0 radical (unpaired) electrons. The van der Waals surface area contributed by atoms with E-state index < -0.39 is 0 Å². The Balaban J connectivity index is 1.37. The van der Waals surface area contributed by atoms with Gasteiger partial charge in [-0.25, -0.2) is 0 Å². The fraction of sp³-hybridized carbons (Fsp3) is 0.647. The van der Waals surface area contributed by atoms with E-state index in [9.17, 15) is 9.59 Å². The predicted octanol–water partition coefficient (Wildman–Crippen LogP) is 1.70. The molecule has 23 heavy (non-hydrogen) atoms. The molecule has 5 nitrogen and oxygen atoms in total. The fourth-order valence-electron chi connectivity index (χ4n) is 3.39. The molecule has 3 heterocycles. The zero-order valence-corrected chi connectivity index (χ0v) is 14.3. The molecule has 2 amide bonds. The van der Waals surface area contributed by atoms with Gasteiger partial charge in [-0.3, -0.25) is 14.5 Å². The first-order chi connectivity index (χ1) is 11.2. The summed E-state index contributed by atoms with van der Waals surface area (Å²) in [7, 11) is 0. The van der Waals surface area contributed by atoms with E-state index >= 15 is 0 Å². The van der Waals surface area contributed by atoms with Crippen LogP contribution in [0.3, 0.4) is 0 Å². The topological polar surface area (TPSA) is 52.7 Å². The maximum absolute atomic E-state index is 12.4. The van der Waals surface area contributed by atoms with Crippen LogP contribution in [0.1, 0.15) is 30.6 Å². The first kappa shape index (κ1) is 16.5. The number of likely N-dealkylation sites (tertiary alicyclic amines) is 2. The normalized spacial score (nSPS) is 19.9. The number of nitrogens with one attached hydrogen (secondary N) is 1. The van der Waals surface area contributed by atoms with Crippen LogP contribution in [-0.2, 0) is 16.1 Å². The fourth-order valence-corrected chi connectivity index (χ4v) is 4.04. The molecule has 0 atom stereocenters. The van der Waals surface area contributed by atoms with Crippen molar-refractivity contribution in [3.8, 4) is 0 Å². The Labute approximate surface area is 141 Å².